The van der Waals surface area contributed by atoms with Crippen LogP contribution in [0.5, 0.6) is 0 Å². The fourth-order valence-electron chi connectivity index (χ4n) is 4.16. The summed E-state index contributed by atoms with van der Waals surface area (Å²) in [4.78, 5) is 11.3. The minimum Gasteiger partial charge on any atom is -0.469 e. The van der Waals surface area contributed by atoms with Crippen LogP contribution in [0, 0.1) is 23.2 Å². The van der Waals surface area contributed by atoms with Crippen LogP contribution in [0.15, 0.2) is 0 Å². The average molecular weight is 238 g/mol. The van der Waals surface area contributed by atoms with Crippen molar-refractivity contribution in [3.8, 4) is 0 Å². The summed E-state index contributed by atoms with van der Waals surface area (Å²) in [5, 5.41) is 0. The molecule has 0 amide bonds. The van der Waals surface area contributed by atoms with Crippen LogP contribution >= 0.6 is 0 Å². The Hall–Kier alpha value is -0.530. The van der Waals surface area contributed by atoms with Gasteiger partial charge in [0, 0.05) is 0 Å². The van der Waals surface area contributed by atoms with E-state index in [9.17, 15) is 4.79 Å². The van der Waals surface area contributed by atoms with Gasteiger partial charge >= 0.3 is 5.97 Å². The molecule has 98 valence electrons. The highest BCUT2D eigenvalue weighted by molar-refractivity contribution is 5.71. The van der Waals surface area contributed by atoms with E-state index < -0.39 is 0 Å². The largest absolute Gasteiger partial charge is 0.469 e. The maximum Gasteiger partial charge on any atom is 0.308 e. The molecule has 2 saturated carbocycles. The summed E-state index contributed by atoms with van der Waals surface area (Å²) in [5.41, 5.74) is 0.582. The summed E-state index contributed by atoms with van der Waals surface area (Å²) in [5.74, 6) is 2.01. The third-order valence-corrected chi connectivity index (χ3v) is 5.27. The predicted octanol–water partition coefficient (Wildman–Crippen LogP) is 3.79. The van der Waals surface area contributed by atoms with Crippen molar-refractivity contribution in [2.24, 2.45) is 23.2 Å². The highest BCUT2D eigenvalue weighted by Crippen LogP contribution is 2.57. The molecule has 0 heterocycles. The van der Waals surface area contributed by atoms with Crippen LogP contribution in [0.25, 0.3) is 0 Å². The van der Waals surface area contributed by atoms with E-state index in [0.717, 1.165) is 18.3 Å². The molecule has 2 aliphatic carbocycles. The van der Waals surface area contributed by atoms with Crippen LogP contribution in [0.2, 0.25) is 0 Å². The van der Waals surface area contributed by atoms with Gasteiger partial charge in [0.25, 0.3) is 0 Å². The van der Waals surface area contributed by atoms with Gasteiger partial charge in [-0.05, 0) is 49.4 Å². The zero-order valence-electron chi connectivity index (χ0n) is 11.5. The fourth-order valence-corrected chi connectivity index (χ4v) is 4.16. The first kappa shape index (κ1) is 12.9. The maximum atomic E-state index is 11.3. The number of esters is 1. The lowest BCUT2D eigenvalue weighted by atomic mass is 9.71. The van der Waals surface area contributed by atoms with Gasteiger partial charge in [-0.1, -0.05) is 26.7 Å². The van der Waals surface area contributed by atoms with Gasteiger partial charge in [-0.3, -0.25) is 4.79 Å². The monoisotopic (exact) mass is 238 g/mol. The van der Waals surface area contributed by atoms with Gasteiger partial charge in [-0.15, -0.1) is 0 Å². The molecule has 0 aromatic heterocycles. The van der Waals surface area contributed by atoms with Gasteiger partial charge in [0.2, 0.25) is 0 Å². The smallest absolute Gasteiger partial charge is 0.308 e. The minimum atomic E-state index is -0.0527. The molecular weight excluding hydrogens is 212 g/mol. The fraction of sp³-hybridized carbons (Fsp3) is 0.933. The van der Waals surface area contributed by atoms with Crippen molar-refractivity contribution in [2.45, 2.75) is 58.8 Å². The summed E-state index contributed by atoms with van der Waals surface area (Å²) in [6.45, 7) is 4.45. The van der Waals surface area contributed by atoms with E-state index in [1.165, 1.54) is 45.6 Å². The van der Waals surface area contributed by atoms with Gasteiger partial charge in [0.1, 0.15) is 0 Å². The highest BCUT2D eigenvalue weighted by atomic mass is 16.5. The van der Waals surface area contributed by atoms with Gasteiger partial charge in [-0.25, -0.2) is 0 Å². The molecule has 0 saturated heterocycles. The van der Waals surface area contributed by atoms with E-state index in [1.807, 2.05) is 6.92 Å². The Bertz CT molecular complexity index is 287. The van der Waals surface area contributed by atoms with Gasteiger partial charge in [0.05, 0.1) is 13.0 Å². The third-order valence-electron chi connectivity index (χ3n) is 5.27. The highest BCUT2D eigenvalue weighted by Gasteiger charge is 2.47. The van der Waals surface area contributed by atoms with Gasteiger partial charge in [0.15, 0.2) is 0 Å². The van der Waals surface area contributed by atoms with E-state index in [2.05, 4.69) is 6.92 Å². The van der Waals surface area contributed by atoms with Crippen LogP contribution in [0.1, 0.15) is 58.8 Å². The van der Waals surface area contributed by atoms with E-state index in [4.69, 9.17) is 4.74 Å². The van der Waals surface area contributed by atoms with E-state index in [-0.39, 0.29) is 11.9 Å². The first-order valence-electron chi connectivity index (χ1n) is 7.13. The molecule has 2 bridgehead atoms. The topological polar surface area (TPSA) is 26.3 Å². The lowest BCUT2D eigenvalue weighted by molar-refractivity contribution is -0.145. The molecule has 0 aliphatic heterocycles. The summed E-state index contributed by atoms with van der Waals surface area (Å²) < 4.78 is 4.77. The SMILES string of the molecule is COC(=O)[C@H](C)CCC[C@]1(C)C[C@@H]2CC[C@H]1C2. The van der Waals surface area contributed by atoms with Gasteiger partial charge < -0.3 is 4.74 Å². The molecular formula is C15H26O2. The van der Waals surface area contributed by atoms with Crippen molar-refractivity contribution in [1.82, 2.24) is 0 Å². The number of hydrogen-bond donors (Lipinski definition) is 0. The first-order chi connectivity index (χ1) is 8.05. The van der Waals surface area contributed by atoms with Gasteiger partial charge in [-0.2, -0.15) is 0 Å². The molecule has 2 aliphatic rings. The second-order valence-corrected chi connectivity index (χ2v) is 6.55. The molecule has 2 nitrogen and oxygen atoms in total. The minimum absolute atomic E-state index is 0.0527. The Kier molecular flexibility index (Phi) is 3.79. The molecule has 0 aromatic carbocycles. The molecule has 4 atom stereocenters. The Morgan fingerprint density at radius 2 is 2.24 bits per heavy atom. The Morgan fingerprint density at radius 1 is 1.47 bits per heavy atom. The first-order valence-corrected chi connectivity index (χ1v) is 7.13. The van der Waals surface area contributed by atoms with Crippen molar-refractivity contribution in [3.05, 3.63) is 0 Å². The number of hydrogen-bond acceptors (Lipinski definition) is 2. The van der Waals surface area contributed by atoms with Crippen molar-refractivity contribution in [3.63, 3.8) is 0 Å². The number of methoxy groups -OCH3 is 1. The molecule has 17 heavy (non-hydrogen) atoms. The van der Waals surface area contributed by atoms with Crippen LogP contribution < -0.4 is 0 Å². The molecule has 2 heteroatoms. The maximum absolute atomic E-state index is 11.3. The molecule has 0 unspecified atom stereocenters. The normalized spacial score (nSPS) is 37.1. The Balaban J connectivity index is 1.74. The second-order valence-electron chi connectivity index (χ2n) is 6.55. The van der Waals surface area contributed by atoms with E-state index in [0.29, 0.717) is 5.41 Å². The molecule has 0 radical (unpaired) electrons. The number of carbonyl (C=O) groups is 1. The summed E-state index contributed by atoms with van der Waals surface area (Å²) >= 11 is 0. The number of rotatable bonds is 5. The number of fused-ring (bicyclic) bond motifs is 2. The van der Waals surface area contributed by atoms with Crippen molar-refractivity contribution in [2.75, 3.05) is 7.11 Å². The molecule has 0 N–H and O–H groups in total. The number of carbonyl (C=O) groups excluding carboxylic acids is 1. The molecule has 2 rings (SSSR count). The van der Waals surface area contributed by atoms with Crippen molar-refractivity contribution < 1.29 is 9.53 Å². The lowest BCUT2D eigenvalue weighted by Crippen LogP contribution is -2.24. The van der Waals surface area contributed by atoms with Crippen molar-refractivity contribution >= 4 is 5.97 Å². The lowest BCUT2D eigenvalue weighted by Gasteiger charge is -2.34. The van der Waals surface area contributed by atoms with E-state index in [1.54, 1.807) is 0 Å². The average Bonchev–Trinajstić information content (AvgIpc) is 2.87. The predicted molar refractivity (Wildman–Crippen MR) is 68.6 cm³/mol. The quantitative estimate of drug-likeness (QED) is 0.681. The zero-order chi connectivity index (χ0) is 12.5. The van der Waals surface area contributed by atoms with Crippen LogP contribution in [-0.4, -0.2) is 13.1 Å². The van der Waals surface area contributed by atoms with Crippen LogP contribution in [0.4, 0.5) is 0 Å². The second kappa shape index (κ2) is 4.99. The zero-order valence-corrected chi connectivity index (χ0v) is 11.5. The standard InChI is InChI=1S/C15H26O2/c1-11(14(16)17-3)5-4-8-15(2)10-12-6-7-13(15)9-12/h11-13H,4-10H2,1-3H3/t11-,12-,13+,15-/m1/s1. The van der Waals surface area contributed by atoms with E-state index >= 15 is 0 Å². The summed E-state index contributed by atoms with van der Waals surface area (Å²) in [6, 6.07) is 0. The molecule has 0 spiro atoms. The third kappa shape index (κ3) is 2.66. The molecule has 0 aromatic rings. The summed E-state index contributed by atoms with van der Waals surface area (Å²) in [7, 11) is 1.48. The van der Waals surface area contributed by atoms with Crippen LogP contribution in [-0.2, 0) is 9.53 Å². The molecule has 2 fully saturated rings. The Labute approximate surface area is 105 Å². The summed E-state index contributed by atoms with van der Waals surface area (Å²) in [6.07, 6.45) is 9.30. The number of ether oxygens (including phenoxy) is 1. The Morgan fingerprint density at radius 3 is 2.76 bits per heavy atom. The van der Waals surface area contributed by atoms with Crippen molar-refractivity contribution in [1.29, 1.82) is 0 Å². The van der Waals surface area contributed by atoms with Crippen LogP contribution in [0.3, 0.4) is 0 Å².